The van der Waals surface area contributed by atoms with Crippen molar-refractivity contribution in [2.45, 2.75) is 38.4 Å². The smallest absolute Gasteiger partial charge is 0.231 e. The zero-order chi connectivity index (χ0) is 14.6. The van der Waals surface area contributed by atoms with Crippen molar-refractivity contribution in [3.8, 4) is 0 Å². The van der Waals surface area contributed by atoms with E-state index in [1.807, 2.05) is 11.8 Å². The quantitative estimate of drug-likeness (QED) is 0.870. The molecule has 2 rings (SSSR count). The number of thioether (sulfide) groups is 1. The second-order valence-electron chi connectivity index (χ2n) is 5.16. The molecule has 1 atom stereocenters. The molecule has 7 heteroatoms. The Morgan fingerprint density at radius 1 is 1.30 bits per heavy atom. The van der Waals surface area contributed by atoms with Crippen LogP contribution in [0.1, 0.15) is 33.6 Å². The van der Waals surface area contributed by atoms with Gasteiger partial charge in [0.1, 0.15) is 0 Å². The molecule has 112 valence electrons. The highest BCUT2D eigenvalue weighted by Crippen LogP contribution is 2.37. The van der Waals surface area contributed by atoms with Crippen LogP contribution in [0.2, 0.25) is 5.28 Å². The van der Waals surface area contributed by atoms with E-state index in [-0.39, 0.29) is 10.0 Å². The minimum absolute atomic E-state index is 0.244. The Hall–Kier alpha value is -0.750. The molecule has 1 fully saturated rings. The SMILES string of the molecule is CCN(CC)c1nc(Cl)nc(NCC2(C)CCCS2)n1. The highest BCUT2D eigenvalue weighted by Gasteiger charge is 2.29. The molecule has 0 amide bonds. The lowest BCUT2D eigenvalue weighted by Gasteiger charge is -2.23. The number of rotatable bonds is 6. The molecule has 0 radical (unpaired) electrons. The van der Waals surface area contributed by atoms with Crippen molar-refractivity contribution in [1.82, 2.24) is 15.0 Å². The van der Waals surface area contributed by atoms with Gasteiger partial charge in [0.2, 0.25) is 17.2 Å². The van der Waals surface area contributed by atoms with Crippen molar-refractivity contribution in [1.29, 1.82) is 0 Å². The van der Waals surface area contributed by atoms with Gasteiger partial charge in [-0.2, -0.15) is 26.7 Å². The Balaban J connectivity index is 2.07. The molecule has 1 saturated heterocycles. The Bertz CT molecular complexity index is 446. The van der Waals surface area contributed by atoms with Crippen LogP contribution in [-0.4, -0.2) is 45.1 Å². The Labute approximate surface area is 129 Å². The second kappa shape index (κ2) is 6.80. The lowest BCUT2D eigenvalue weighted by atomic mass is 10.1. The van der Waals surface area contributed by atoms with Crippen LogP contribution in [0.4, 0.5) is 11.9 Å². The number of hydrogen-bond donors (Lipinski definition) is 1. The summed E-state index contributed by atoms with van der Waals surface area (Å²) in [5.41, 5.74) is 0. The van der Waals surface area contributed by atoms with Gasteiger partial charge in [0.15, 0.2) is 0 Å². The first-order valence-electron chi connectivity index (χ1n) is 7.10. The van der Waals surface area contributed by atoms with Gasteiger partial charge in [-0.05, 0) is 51.0 Å². The summed E-state index contributed by atoms with van der Waals surface area (Å²) in [5.74, 6) is 2.45. The highest BCUT2D eigenvalue weighted by atomic mass is 35.5. The average molecular weight is 316 g/mol. The molecular weight excluding hydrogens is 294 g/mol. The van der Waals surface area contributed by atoms with Crippen LogP contribution in [0.25, 0.3) is 0 Å². The lowest BCUT2D eigenvalue weighted by molar-refractivity contribution is 0.632. The van der Waals surface area contributed by atoms with Crippen LogP contribution in [0.5, 0.6) is 0 Å². The largest absolute Gasteiger partial charge is 0.353 e. The number of aromatic nitrogens is 3. The summed E-state index contributed by atoms with van der Waals surface area (Å²) in [7, 11) is 0. The van der Waals surface area contributed by atoms with Gasteiger partial charge in [-0.3, -0.25) is 0 Å². The van der Waals surface area contributed by atoms with E-state index in [4.69, 9.17) is 11.6 Å². The maximum absolute atomic E-state index is 6.00. The Morgan fingerprint density at radius 2 is 2.05 bits per heavy atom. The zero-order valence-electron chi connectivity index (χ0n) is 12.3. The monoisotopic (exact) mass is 315 g/mol. The first-order valence-corrected chi connectivity index (χ1v) is 8.47. The van der Waals surface area contributed by atoms with Gasteiger partial charge >= 0.3 is 0 Å². The van der Waals surface area contributed by atoms with Crippen molar-refractivity contribution >= 4 is 35.3 Å². The van der Waals surface area contributed by atoms with Crippen LogP contribution in [0, 0.1) is 0 Å². The van der Waals surface area contributed by atoms with Crippen molar-refractivity contribution in [2.24, 2.45) is 0 Å². The van der Waals surface area contributed by atoms with E-state index in [0.29, 0.717) is 11.9 Å². The highest BCUT2D eigenvalue weighted by molar-refractivity contribution is 8.00. The average Bonchev–Trinajstić information content (AvgIpc) is 2.85. The van der Waals surface area contributed by atoms with E-state index in [1.54, 1.807) is 0 Å². The molecule has 1 N–H and O–H groups in total. The Kier molecular flexibility index (Phi) is 5.32. The van der Waals surface area contributed by atoms with Gasteiger partial charge in [-0.15, -0.1) is 0 Å². The molecule has 20 heavy (non-hydrogen) atoms. The summed E-state index contributed by atoms with van der Waals surface area (Å²) in [4.78, 5) is 14.9. The van der Waals surface area contributed by atoms with Crippen LogP contribution in [0.15, 0.2) is 0 Å². The molecule has 0 aliphatic carbocycles. The van der Waals surface area contributed by atoms with E-state index in [2.05, 4.69) is 45.9 Å². The lowest BCUT2D eigenvalue weighted by Crippen LogP contribution is -2.29. The fourth-order valence-corrected chi connectivity index (χ4v) is 3.71. The third-order valence-corrected chi connectivity index (χ3v) is 5.27. The van der Waals surface area contributed by atoms with Crippen LogP contribution >= 0.6 is 23.4 Å². The summed E-state index contributed by atoms with van der Waals surface area (Å²) in [6, 6.07) is 0. The zero-order valence-corrected chi connectivity index (χ0v) is 13.9. The fraction of sp³-hybridized carbons (Fsp3) is 0.769. The predicted octanol–water partition coefficient (Wildman–Crippen LogP) is 3.07. The molecular formula is C13H22ClN5S. The third-order valence-electron chi connectivity index (χ3n) is 3.56. The van der Waals surface area contributed by atoms with E-state index in [0.717, 1.165) is 19.6 Å². The van der Waals surface area contributed by atoms with Crippen LogP contribution in [0.3, 0.4) is 0 Å². The van der Waals surface area contributed by atoms with Crippen molar-refractivity contribution < 1.29 is 0 Å². The number of anilines is 2. The van der Waals surface area contributed by atoms with Gasteiger partial charge in [-0.1, -0.05) is 0 Å². The van der Waals surface area contributed by atoms with E-state index in [9.17, 15) is 0 Å². The van der Waals surface area contributed by atoms with E-state index >= 15 is 0 Å². The molecule has 1 aromatic rings. The second-order valence-corrected chi connectivity index (χ2v) is 7.18. The van der Waals surface area contributed by atoms with Crippen molar-refractivity contribution in [2.75, 3.05) is 35.6 Å². The van der Waals surface area contributed by atoms with Gasteiger partial charge in [0, 0.05) is 24.4 Å². The van der Waals surface area contributed by atoms with Gasteiger partial charge in [-0.25, -0.2) is 0 Å². The maximum Gasteiger partial charge on any atom is 0.231 e. The molecule has 1 aliphatic heterocycles. The van der Waals surface area contributed by atoms with Crippen LogP contribution < -0.4 is 10.2 Å². The minimum atomic E-state index is 0.244. The minimum Gasteiger partial charge on any atom is -0.353 e. The summed E-state index contributed by atoms with van der Waals surface area (Å²) in [6.45, 7) is 8.99. The fourth-order valence-electron chi connectivity index (χ4n) is 2.31. The van der Waals surface area contributed by atoms with Gasteiger partial charge in [0.05, 0.1) is 0 Å². The molecule has 1 unspecified atom stereocenters. The molecule has 0 aromatic carbocycles. The summed E-state index contributed by atoms with van der Waals surface area (Å²) >= 11 is 8.01. The van der Waals surface area contributed by atoms with E-state index in [1.165, 1.54) is 18.6 Å². The standard InChI is InChI=1S/C13H22ClN5S/c1-4-19(5-2)12-17-10(14)16-11(18-12)15-9-13(3)7-6-8-20-13/h4-9H2,1-3H3,(H,15,16,17,18). The topological polar surface area (TPSA) is 53.9 Å². The molecule has 2 heterocycles. The maximum atomic E-state index is 6.00. The molecule has 1 aliphatic rings. The summed E-state index contributed by atoms with van der Waals surface area (Å²) in [5, 5.41) is 3.56. The number of hydrogen-bond acceptors (Lipinski definition) is 6. The van der Waals surface area contributed by atoms with Crippen molar-refractivity contribution in [3.63, 3.8) is 0 Å². The predicted molar refractivity (Wildman–Crippen MR) is 87.0 cm³/mol. The molecule has 0 spiro atoms. The van der Waals surface area contributed by atoms with Crippen molar-refractivity contribution in [3.05, 3.63) is 5.28 Å². The first kappa shape index (κ1) is 15.6. The first-order chi connectivity index (χ1) is 9.56. The normalized spacial score (nSPS) is 22.0. The number of halogens is 1. The summed E-state index contributed by atoms with van der Waals surface area (Å²) in [6.07, 6.45) is 2.51. The van der Waals surface area contributed by atoms with Crippen LogP contribution in [-0.2, 0) is 0 Å². The molecule has 0 saturated carbocycles. The summed E-state index contributed by atoms with van der Waals surface area (Å²) < 4.78 is 0.272. The van der Waals surface area contributed by atoms with E-state index < -0.39 is 0 Å². The molecule has 1 aromatic heterocycles. The molecule has 0 bridgehead atoms. The number of nitrogens with zero attached hydrogens (tertiary/aromatic N) is 4. The number of nitrogens with one attached hydrogen (secondary N) is 1. The Morgan fingerprint density at radius 3 is 2.65 bits per heavy atom. The molecule has 5 nitrogen and oxygen atoms in total. The van der Waals surface area contributed by atoms with Gasteiger partial charge < -0.3 is 10.2 Å². The third kappa shape index (κ3) is 3.88. The van der Waals surface area contributed by atoms with Gasteiger partial charge in [0.25, 0.3) is 0 Å².